The maximum Gasteiger partial charge on any atom is 0.244 e. The Hall–Kier alpha value is -2.53. The number of carbonyl (C=O) groups excluding carboxylic acids is 1. The van der Waals surface area contributed by atoms with Gasteiger partial charge in [0, 0.05) is 28.8 Å². The van der Waals surface area contributed by atoms with E-state index in [1.54, 1.807) is 12.1 Å². The van der Waals surface area contributed by atoms with Gasteiger partial charge in [-0.05, 0) is 43.7 Å². The molecule has 0 saturated carbocycles. The van der Waals surface area contributed by atoms with Crippen molar-refractivity contribution in [1.82, 2.24) is 10.5 Å². The van der Waals surface area contributed by atoms with Crippen LogP contribution in [-0.2, 0) is 11.3 Å². The molecule has 0 spiro atoms. The molecule has 1 aromatic heterocycles. The summed E-state index contributed by atoms with van der Waals surface area (Å²) in [5, 5.41) is 7.33. The van der Waals surface area contributed by atoms with Gasteiger partial charge >= 0.3 is 0 Å². The molecule has 0 radical (unpaired) electrons. The summed E-state index contributed by atoms with van der Waals surface area (Å²) in [6, 6.07) is 5.46. The maximum absolute atomic E-state index is 12.0. The van der Waals surface area contributed by atoms with Crippen molar-refractivity contribution in [1.29, 1.82) is 0 Å². The summed E-state index contributed by atoms with van der Waals surface area (Å²) in [6.45, 7) is 4.48. The zero-order valence-corrected chi connectivity index (χ0v) is 14.2. The van der Waals surface area contributed by atoms with E-state index in [0.717, 1.165) is 28.1 Å². The van der Waals surface area contributed by atoms with Crippen LogP contribution in [0.15, 0.2) is 40.4 Å². The lowest BCUT2D eigenvalue weighted by Gasteiger charge is -2.16. The highest BCUT2D eigenvalue weighted by molar-refractivity contribution is 6.30. The second kappa shape index (κ2) is 6.93. The highest BCUT2D eigenvalue weighted by Gasteiger charge is 2.11. The van der Waals surface area contributed by atoms with E-state index in [0.29, 0.717) is 23.9 Å². The number of fused-ring (bicyclic) bond motifs is 1. The Morgan fingerprint density at radius 2 is 2.25 bits per heavy atom. The van der Waals surface area contributed by atoms with Crippen molar-refractivity contribution in [2.75, 3.05) is 6.61 Å². The molecular weight excluding hydrogens is 328 g/mol. The fourth-order valence-corrected chi connectivity index (χ4v) is 2.61. The van der Waals surface area contributed by atoms with Crippen molar-refractivity contribution < 1.29 is 14.1 Å². The van der Waals surface area contributed by atoms with Gasteiger partial charge in [0.05, 0.1) is 5.69 Å². The van der Waals surface area contributed by atoms with Crippen molar-refractivity contribution in [2.24, 2.45) is 0 Å². The Labute approximate surface area is 144 Å². The molecule has 5 nitrogen and oxygen atoms in total. The second-order valence-electron chi connectivity index (χ2n) is 5.54. The van der Waals surface area contributed by atoms with E-state index < -0.39 is 0 Å². The summed E-state index contributed by atoms with van der Waals surface area (Å²) < 4.78 is 10.7. The van der Waals surface area contributed by atoms with Crippen molar-refractivity contribution in [3.05, 3.63) is 63.5 Å². The second-order valence-corrected chi connectivity index (χ2v) is 5.98. The summed E-state index contributed by atoms with van der Waals surface area (Å²) in [4.78, 5) is 12.0. The van der Waals surface area contributed by atoms with Crippen LogP contribution in [0.2, 0.25) is 5.02 Å². The smallest absolute Gasteiger partial charge is 0.244 e. The third-order valence-electron chi connectivity index (χ3n) is 3.78. The molecule has 0 saturated heterocycles. The summed E-state index contributed by atoms with van der Waals surface area (Å²) in [7, 11) is 0. The predicted molar refractivity (Wildman–Crippen MR) is 91.9 cm³/mol. The van der Waals surface area contributed by atoms with E-state index in [-0.39, 0.29) is 5.91 Å². The minimum absolute atomic E-state index is 0.187. The largest absolute Gasteiger partial charge is 0.488 e. The van der Waals surface area contributed by atoms with Gasteiger partial charge in [0.15, 0.2) is 0 Å². The van der Waals surface area contributed by atoms with Crippen molar-refractivity contribution in [3.63, 3.8) is 0 Å². The maximum atomic E-state index is 12.0. The van der Waals surface area contributed by atoms with Gasteiger partial charge in [-0.1, -0.05) is 22.8 Å². The van der Waals surface area contributed by atoms with Crippen molar-refractivity contribution >= 4 is 23.6 Å². The number of nitrogens with zero attached hydrogens (tertiary/aromatic N) is 1. The lowest BCUT2D eigenvalue weighted by atomic mass is 10.1. The molecule has 0 unspecified atom stereocenters. The van der Waals surface area contributed by atoms with Gasteiger partial charge in [-0.15, -0.1) is 0 Å². The SMILES string of the molecule is Cc1noc(C)c1CNC(=O)/C=C/C1=Cc2cc(Cl)ccc2OC1. The predicted octanol–water partition coefficient (Wildman–Crippen LogP) is 3.59. The third kappa shape index (κ3) is 3.68. The van der Waals surface area contributed by atoms with Crippen molar-refractivity contribution in [3.8, 4) is 5.75 Å². The first-order valence-electron chi connectivity index (χ1n) is 7.53. The molecule has 1 aromatic carbocycles. The van der Waals surface area contributed by atoms with E-state index in [2.05, 4.69) is 10.5 Å². The Bertz CT molecular complexity index is 817. The number of nitrogens with one attached hydrogen (secondary N) is 1. The molecule has 124 valence electrons. The van der Waals surface area contributed by atoms with Crippen LogP contribution in [-0.4, -0.2) is 17.7 Å². The van der Waals surface area contributed by atoms with Crippen molar-refractivity contribution in [2.45, 2.75) is 20.4 Å². The Balaban J connectivity index is 1.62. The molecule has 1 aliphatic rings. The number of amides is 1. The molecule has 1 N–H and O–H groups in total. The first-order valence-corrected chi connectivity index (χ1v) is 7.91. The molecule has 1 aliphatic heterocycles. The molecule has 24 heavy (non-hydrogen) atoms. The molecule has 2 heterocycles. The number of hydrogen-bond acceptors (Lipinski definition) is 4. The van der Waals surface area contributed by atoms with E-state index in [4.69, 9.17) is 20.9 Å². The molecule has 1 amide bonds. The molecule has 0 aliphatic carbocycles. The average Bonchev–Trinajstić information content (AvgIpc) is 2.89. The van der Waals surface area contributed by atoms with Gasteiger partial charge < -0.3 is 14.6 Å². The first kappa shape index (κ1) is 16.3. The molecule has 0 fully saturated rings. The van der Waals surface area contributed by atoms with E-state index in [9.17, 15) is 4.79 Å². The normalized spacial score (nSPS) is 13.4. The molecular formula is C18H17ClN2O3. The Morgan fingerprint density at radius 3 is 3.00 bits per heavy atom. The van der Waals surface area contributed by atoms with Crippen LogP contribution in [0.1, 0.15) is 22.6 Å². The molecule has 0 atom stereocenters. The van der Waals surface area contributed by atoms with Gasteiger partial charge in [-0.2, -0.15) is 0 Å². The highest BCUT2D eigenvalue weighted by Crippen LogP contribution is 2.29. The minimum atomic E-state index is -0.187. The van der Waals surface area contributed by atoms with Crippen LogP contribution in [0.25, 0.3) is 6.08 Å². The molecule has 2 aromatic rings. The number of halogens is 1. The number of aryl methyl sites for hydroxylation is 2. The lowest BCUT2D eigenvalue weighted by molar-refractivity contribution is -0.116. The van der Waals surface area contributed by atoms with Gasteiger partial charge in [-0.25, -0.2) is 0 Å². The summed E-state index contributed by atoms with van der Waals surface area (Å²) in [6.07, 6.45) is 5.19. The van der Waals surface area contributed by atoms with Crippen LogP contribution in [0.4, 0.5) is 0 Å². The third-order valence-corrected chi connectivity index (χ3v) is 4.01. The number of ether oxygens (including phenoxy) is 1. The van der Waals surface area contributed by atoms with E-state index >= 15 is 0 Å². The van der Waals surface area contributed by atoms with Gasteiger partial charge in [0.1, 0.15) is 18.1 Å². The highest BCUT2D eigenvalue weighted by atomic mass is 35.5. The zero-order valence-electron chi connectivity index (χ0n) is 13.4. The summed E-state index contributed by atoms with van der Waals surface area (Å²) in [5.41, 5.74) is 3.50. The number of rotatable bonds is 4. The molecule has 0 bridgehead atoms. The van der Waals surface area contributed by atoms with Gasteiger partial charge in [0.2, 0.25) is 5.91 Å². The van der Waals surface area contributed by atoms with Crippen LogP contribution >= 0.6 is 11.6 Å². The summed E-state index contributed by atoms with van der Waals surface area (Å²) >= 11 is 5.99. The van der Waals surface area contributed by atoms with Crippen LogP contribution in [0.5, 0.6) is 5.75 Å². The van der Waals surface area contributed by atoms with E-state index in [1.165, 1.54) is 6.08 Å². The van der Waals surface area contributed by atoms with Crippen LogP contribution in [0.3, 0.4) is 0 Å². The zero-order chi connectivity index (χ0) is 17.1. The summed E-state index contributed by atoms with van der Waals surface area (Å²) in [5.74, 6) is 1.32. The molecule has 6 heteroatoms. The average molecular weight is 345 g/mol. The van der Waals surface area contributed by atoms with Gasteiger partial charge in [0.25, 0.3) is 0 Å². The number of carbonyl (C=O) groups is 1. The fourth-order valence-electron chi connectivity index (χ4n) is 2.43. The molecule has 3 rings (SSSR count). The van der Waals surface area contributed by atoms with E-state index in [1.807, 2.05) is 32.1 Å². The first-order chi connectivity index (χ1) is 11.5. The topological polar surface area (TPSA) is 64.4 Å². The lowest BCUT2D eigenvalue weighted by Crippen LogP contribution is -2.21. The number of hydrogen-bond donors (Lipinski definition) is 1. The number of aromatic nitrogens is 1. The Morgan fingerprint density at radius 1 is 1.42 bits per heavy atom. The van der Waals surface area contributed by atoms with Gasteiger partial charge in [-0.3, -0.25) is 4.79 Å². The number of benzene rings is 1. The van der Waals surface area contributed by atoms with Crippen LogP contribution in [0, 0.1) is 13.8 Å². The van der Waals surface area contributed by atoms with Crippen LogP contribution < -0.4 is 10.1 Å². The monoisotopic (exact) mass is 344 g/mol. The Kier molecular flexibility index (Phi) is 4.71. The quantitative estimate of drug-likeness (QED) is 0.861. The standard InChI is InChI=1S/C18H17ClN2O3/c1-11-16(12(2)24-21-11)9-20-18(22)6-3-13-7-14-8-15(19)4-5-17(14)23-10-13/h3-8H,9-10H2,1-2H3,(H,20,22)/b6-3+. The minimum Gasteiger partial charge on any atom is -0.488 e. The fraction of sp³-hybridized carbons (Fsp3) is 0.222.